The highest BCUT2D eigenvalue weighted by molar-refractivity contribution is 5.77. The van der Waals surface area contributed by atoms with Crippen LogP contribution >= 0.6 is 0 Å². The van der Waals surface area contributed by atoms with Crippen LogP contribution in [0.25, 0.3) is 0 Å². The second-order valence-electron chi connectivity index (χ2n) is 5.01. The fraction of sp³-hybridized carbons (Fsp3) is 0.769. The van der Waals surface area contributed by atoms with Crippen LogP contribution in [0.1, 0.15) is 12.8 Å². The van der Waals surface area contributed by atoms with Crippen molar-refractivity contribution in [3.63, 3.8) is 0 Å². The van der Waals surface area contributed by atoms with Crippen LogP contribution < -0.4 is 10.6 Å². The van der Waals surface area contributed by atoms with Gasteiger partial charge in [-0.05, 0) is 37.1 Å². The molecular formula is C13H22N2O2. The monoisotopic (exact) mass is 238 g/mol. The third-order valence-electron chi connectivity index (χ3n) is 3.74. The maximum atomic E-state index is 11.4. The van der Waals surface area contributed by atoms with Crippen molar-refractivity contribution in [3.05, 3.63) is 12.2 Å². The first-order valence-electron chi connectivity index (χ1n) is 6.44. The van der Waals surface area contributed by atoms with Crippen molar-refractivity contribution in [3.8, 4) is 0 Å². The van der Waals surface area contributed by atoms with E-state index in [0.717, 1.165) is 24.3 Å². The fourth-order valence-corrected chi connectivity index (χ4v) is 2.86. The third kappa shape index (κ3) is 3.54. The number of carbonyl (C=O) groups is 1. The van der Waals surface area contributed by atoms with Crippen LogP contribution in [0.5, 0.6) is 0 Å². The van der Waals surface area contributed by atoms with Crippen LogP contribution in [0.15, 0.2) is 12.2 Å². The van der Waals surface area contributed by atoms with E-state index in [2.05, 4.69) is 22.8 Å². The smallest absolute Gasteiger partial charge is 0.234 e. The van der Waals surface area contributed by atoms with E-state index in [1.54, 1.807) is 7.11 Å². The second kappa shape index (κ2) is 6.17. The zero-order valence-corrected chi connectivity index (χ0v) is 10.4. The summed E-state index contributed by atoms with van der Waals surface area (Å²) >= 11 is 0. The van der Waals surface area contributed by atoms with Gasteiger partial charge in [0.15, 0.2) is 0 Å². The lowest BCUT2D eigenvalue weighted by Gasteiger charge is -2.18. The quantitative estimate of drug-likeness (QED) is 0.503. The van der Waals surface area contributed by atoms with Crippen LogP contribution in [0.4, 0.5) is 0 Å². The van der Waals surface area contributed by atoms with Gasteiger partial charge < -0.3 is 15.4 Å². The van der Waals surface area contributed by atoms with Gasteiger partial charge in [0.2, 0.25) is 5.91 Å². The summed E-state index contributed by atoms with van der Waals surface area (Å²) in [7, 11) is 1.63. The first kappa shape index (κ1) is 12.6. The molecule has 0 aromatic carbocycles. The Kier molecular flexibility index (Phi) is 4.57. The van der Waals surface area contributed by atoms with Gasteiger partial charge >= 0.3 is 0 Å². The lowest BCUT2D eigenvalue weighted by atomic mass is 9.94. The molecule has 0 aliphatic heterocycles. The maximum absolute atomic E-state index is 11.4. The number of allylic oxidation sites excluding steroid dienone is 2. The van der Waals surface area contributed by atoms with Crippen LogP contribution in [0.2, 0.25) is 0 Å². The van der Waals surface area contributed by atoms with Crippen LogP contribution in [0, 0.1) is 17.8 Å². The third-order valence-corrected chi connectivity index (χ3v) is 3.74. The van der Waals surface area contributed by atoms with E-state index in [1.165, 1.54) is 12.8 Å². The number of hydrogen-bond donors (Lipinski definition) is 2. The lowest BCUT2D eigenvalue weighted by molar-refractivity contribution is -0.120. The van der Waals surface area contributed by atoms with Crippen molar-refractivity contribution >= 4 is 5.91 Å². The van der Waals surface area contributed by atoms with Gasteiger partial charge in [-0.15, -0.1) is 0 Å². The first-order valence-corrected chi connectivity index (χ1v) is 6.44. The van der Waals surface area contributed by atoms with Crippen LogP contribution in [-0.2, 0) is 9.53 Å². The summed E-state index contributed by atoms with van der Waals surface area (Å²) in [6.45, 7) is 2.54. The van der Waals surface area contributed by atoms with E-state index in [-0.39, 0.29) is 5.91 Å². The molecule has 0 heterocycles. The normalized spacial score (nSPS) is 29.8. The Bertz CT molecular complexity index is 291. The minimum atomic E-state index is 0.0562. The number of amides is 1. The number of ether oxygens (including phenoxy) is 1. The van der Waals surface area contributed by atoms with Gasteiger partial charge in [0, 0.05) is 13.7 Å². The molecule has 2 N–H and O–H groups in total. The Morgan fingerprint density at radius 2 is 2.29 bits per heavy atom. The maximum Gasteiger partial charge on any atom is 0.234 e. The molecule has 1 amide bonds. The topological polar surface area (TPSA) is 50.4 Å². The molecule has 96 valence electrons. The van der Waals surface area contributed by atoms with E-state index >= 15 is 0 Å². The molecule has 2 aliphatic rings. The average molecular weight is 238 g/mol. The Morgan fingerprint density at radius 1 is 1.41 bits per heavy atom. The van der Waals surface area contributed by atoms with Gasteiger partial charge in [-0.2, -0.15) is 0 Å². The van der Waals surface area contributed by atoms with Gasteiger partial charge in [-0.1, -0.05) is 12.2 Å². The molecule has 3 atom stereocenters. The molecule has 0 aromatic heterocycles. The van der Waals surface area contributed by atoms with Gasteiger partial charge in [0.1, 0.15) is 0 Å². The predicted molar refractivity (Wildman–Crippen MR) is 66.6 cm³/mol. The molecule has 2 aliphatic carbocycles. The molecular weight excluding hydrogens is 216 g/mol. The number of rotatable bonds is 7. The molecule has 0 radical (unpaired) electrons. The number of hydrogen-bond acceptors (Lipinski definition) is 3. The largest absolute Gasteiger partial charge is 0.383 e. The number of carbonyl (C=O) groups excluding carboxylic acids is 1. The van der Waals surface area contributed by atoms with Crippen LogP contribution in [-0.4, -0.2) is 39.3 Å². The Labute approximate surface area is 103 Å². The van der Waals surface area contributed by atoms with E-state index < -0.39 is 0 Å². The Morgan fingerprint density at radius 3 is 2.94 bits per heavy atom. The SMILES string of the molecule is COCCNC(=O)CNCC1CC2C=CC1C2. The van der Waals surface area contributed by atoms with Crippen molar-refractivity contribution in [2.75, 3.05) is 33.4 Å². The molecule has 2 bridgehead atoms. The summed E-state index contributed by atoms with van der Waals surface area (Å²) in [5.74, 6) is 2.35. The van der Waals surface area contributed by atoms with Crippen molar-refractivity contribution in [2.24, 2.45) is 17.8 Å². The molecule has 1 fully saturated rings. The molecule has 17 heavy (non-hydrogen) atoms. The van der Waals surface area contributed by atoms with Gasteiger partial charge in [0.05, 0.1) is 13.2 Å². The Balaban J connectivity index is 1.54. The highest BCUT2D eigenvalue weighted by Crippen LogP contribution is 2.42. The average Bonchev–Trinajstić information content (AvgIpc) is 2.91. The number of fused-ring (bicyclic) bond motifs is 2. The van der Waals surface area contributed by atoms with E-state index in [1.807, 2.05) is 0 Å². The van der Waals surface area contributed by atoms with Gasteiger partial charge in [-0.25, -0.2) is 0 Å². The van der Waals surface area contributed by atoms with E-state index in [4.69, 9.17) is 4.74 Å². The minimum absolute atomic E-state index is 0.0562. The molecule has 0 saturated heterocycles. The van der Waals surface area contributed by atoms with Gasteiger partial charge in [-0.3, -0.25) is 4.79 Å². The number of nitrogens with one attached hydrogen (secondary N) is 2. The summed E-state index contributed by atoms with van der Waals surface area (Å²) in [6, 6.07) is 0. The summed E-state index contributed by atoms with van der Waals surface area (Å²) in [4.78, 5) is 11.4. The summed E-state index contributed by atoms with van der Waals surface area (Å²) < 4.78 is 4.87. The molecule has 1 saturated carbocycles. The van der Waals surface area contributed by atoms with Crippen molar-refractivity contribution < 1.29 is 9.53 Å². The first-order chi connectivity index (χ1) is 8.29. The fourth-order valence-electron chi connectivity index (χ4n) is 2.86. The molecule has 0 aromatic rings. The summed E-state index contributed by atoms with van der Waals surface area (Å²) in [6.07, 6.45) is 7.31. The van der Waals surface area contributed by atoms with E-state index in [9.17, 15) is 4.79 Å². The van der Waals surface area contributed by atoms with Crippen molar-refractivity contribution in [1.29, 1.82) is 0 Å². The lowest BCUT2D eigenvalue weighted by Crippen LogP contribution is -2.37. The Hall–Kier alpha value is -0.870. The van der Waals surface area contributed by atoms with Crippen molar-refractivity contribution in [2.45, 2.75) is 12.8 Å². The standard InChI is InChI=1S/C13H22N2O2/c1-17-5-4-15-13(16)9-14-8-12-7-10-2-3-11(12)6-10/h2-3,10-12,14H,4-9H2,1H3,(H,15,16). The van der Waals surface area contributed by atoms with Crippen LogP contribution in [0.3, 0.4) is 0 Å². The summed E-state index contributed by atoms with van der Waals surface area (Å²) in [5, 5.41) is 6.05. The minimum Gasteiger partial charge on any atom is -0.383 e. The highest BCUT2D eigenvalue weighted by atomic mass is 16.5. The highest BCUT2D eigenvalue weighted by Gasteiger charge is 2.34. The predicted octanol–water partition coefficient (Wildman–Crippen LogP) is 0.551. The zero-order valence-electron chi connectivity index (χ0n) is 10.4. The van der Waals surface area contributed by atoms with Gasteiger partial charge in [0.25, 0.3) is 0 Å². The number of methoxy groups -OCH3 is 1. The molecule has 0 spiro atoms. The van der Waals surface area contributed by atoms with Crippen molar-refractivity contribution in [1.82, 2.24) is 10.6 Å². The van der Waals surface area contributed by atoms with E-state index in [0.29, 0.717) is 19.7 Å². The molecule has 4 heteroatoms. The molecule has 2 rings (SSSR count). The molecule has 4 nitrogen and oxygen atoms in total. The molecule has 3 unspecified atom stereocenters. The summed E-state index contributed by atoms with van der Waals surface area (Å²) in [5.41, 5.74) is 0. The zero-order chi connectivity index (χ0) is 12.1. The second-order valence-corrected chi connectivity index (χ2v) is 5.01.